The predicted molar refractivity (Wildman–Crippen MR) is 161 cm³/mol. The van der Waals surface area contributed by atoms with Gasteiger partial charge in [0.1, 0.15) is 0 Å². The number of aliphatic hydroxyl groups excluding tert-OH is 1. The van der Waals surface area contributed by atoms with Gasteiger partial charge in [0.2, 0.25) is 11.8 Å². The highest BCUT2D eigenvalue weighted by atomic mass is 32.2. The molecule has 2 fully saturated rings. The molecule has 1 saturated carbocycles. The Morgan fingerprint density at radius 3 is 2.38 bits per heavy atom. The van der Waals surface area contributed by atoms with E-state index in [9.17, 15) is 27.9 Å². The van der Waals surface area contributed by atoms with Gasteiger partial charge in [-0.1, -0.05) is 49.6 Å². The van der Waals surface area contributed by atoms with Gasteiger partial charge in [-0.25, -0.2) is 8.42 Å². The fraction of sp³-hybridized carbons (Fsp3) is 0.516. The number of rotatable bonds is 12. The van der Waals surface area contributed by atoms with Gasteiger partial charge in [-0.2, -0.15) is 0 Å². The highest BCUT2D eigenvalue weighted by Crippen LogP contribution is 2.33. The van der Waals surface area contributed by atoms with Crippen molar-refractivity contribution < 1.29 is 27.9 Å². The molecule has 0 unspecified atom stereocenters. The number of carbonyl (C=O) groups is 3. The molecule has 3 atom stereocenters. The molecular weight excluding hydrogens is 556 g/mol. The van der Waals surface area contributed by atoms with Crippen molar-refractivity contribution in [2.45, 2.75) is 80.9 Å². The van der Waals surface area contributed by atoms with Crippen molar-refractivity contribution >= 4 is 33.2 Å². The van der Waals surface area contributed by atoms with Crippen LogP contribution in [0.3, 0.4) is 0 Å². The summed E-state index contributed by atoms with van der Waals surface area (Å²) in [6.07, 6.45) is 6.12. The van der Waals surface area contributed by atoms with Crippen LogP contribution in [0.15, 0.2) is 53.4 Å². The molecule has 1 heterocycles. The molecule has 10 nitrogen and oxygen atoms in total. The van der Waals surface area contributed by atoms with Gasteiger partial charge in [0.25, 0.3) is 5.91 Å². The van der Waals surface area contributed by atoms with Crippen molar-refractivity contribution in [3.63, 3.8) is 0 Å². The fourth-order valence-corrected chi connectivity index (χ4v) is 6.66. The molecule has 1 aliphatic carbocycles. The molecule has 1 saturated heterocycles. The molecule has 3 amide bonds. The Morgan fingerprint density at radius 2 is 1.79 bits per heavy atom. The van der Waals surface area contributed by atoms with Crippen LogP contribution < -0.4 is 21.3 Å². The van der Waals surface area contributed by atoms with E-state index in [0.717, 1.165) is 43.9 Å². The number of aliphatic hydroxyl groups is 1. The Bertz CT molecular complexity index is 1390. The molecule has 42 heavy (non-hydrogen) atoms. The summed E-state index contributed by atoms with van der Waals surface area (Å²) in [6.45, 7) is 2.22. The Kier molecular flexibility index (Phi) is 10.1. The van der Waals surface area contributed by atoms with Crippen molar-refractivity contribution in [1.29, 1.82) is 0 Å². The number of primary amides is 1. The first-order valence-corrected chi connectivity index (χ1v) is 16.5. The summed E-state index contributed by atoms with van der Waals surface area (Å²) in [7, 11) is -3.69. The zero-order chi connectivity index (χ0) is 30.5. The normalized spacial score (nSPS) is 19.2. The maximum absolute atomic E-state index is 13.6. The van der Waals surface area contributed by atoms with Crippen LogP contribution in [0.25, 0.3) is 0 Å². The SMILES string of the molecule is C[C@@](NC[C@@H](O)[C@H](Cc1ccccc1)NC(=O)c1cc(N2CCCC2=O)cc(S(C)(=O)=O)c1)(C(N)=O)C1CCCCC1. The standard InChI is InChI=1S/C31H42N4O6S/c1-31(30(32)39,23-12-7-4-8-13-23)33-20-27(36)26(16-21-10-5-3-6-11-21)34-29(38)22-17-24(35-15-9-14-28(35)37)19-25(18-22)42(2,40)41/h3,5-6,10-11,17-19,23,26-27,33,36H,4,7-9,12-16,20H2,1-2H3,(H2,32,39)(H,34,38)/t26-,27+,31-/m0/s1. The number of carbonyl (C=O) groups excluding carboxylic acids is 3. The smallest absolute Gasteiger partial charge is 0.251 e. The summed E-state index contributed by atoms with van der Waals surface area (Å²) in [4.78, 5) is 40.0. The summed E-state index contributed by atoms with van der Waals surface area (Å²) >= 11 is 0. The molecule has 0 spiro atoms. The molecule has 0 radical (unpaired) electrons. The Balaban J connectivity index is 1.59. The van der Waals surface area contributed by atoms with E-state index >= 15 is 0 Å². The third-order valence-corrected chi connectivity index (χ3v) is 9.75. The second-order valence-corrected chi connectivity index (χ2v) is 13.8. The van der Waals surface area contributed by atoms with Gasteiger partial charge < -0.3 is 26.4 Å². The van der Waals surface area contributed by atoms with Crippen molar-refractivity contribution in [3.8, 4) is 0 Å². The number of β-amino-alcohol motifs (C(OH)–C–C–N with tert-alkyl or cyclic N) is 1. The number of benzene rings is 2. The third-order valence-electron chi connectivity index (χ3n) is 8.66. The van der Waals surface area contributed by atoms with Crippen LogP contribution in [0, 0.1) is 5.92 Å². The summed E-state index contributed by atoms with van der Waals surface area (Å²) in [6, 6.07) is 12.8. The average molecular weight is 599 g/mol. The average Bonchev–Trinajstić information content (AvgIpc) is 3.41. The topological polar surface area (TPSA) is 159 Å². The number of nitrogens with zero attached hydrogens (tertiary/aromatic N) is 1. The molecule has 2 aromatic rings. The van der Waals surface area contributed by atoms with E-state index in [-0.39, 0.29) is 35.2 Å². The van der Waals surface area contributed by atoms with Crippen molar-refractivity contribution in [3.05, 3.63) is 59.7 Å². The molecule has 2 aromatic carbocycles. The number of hydrogen-bond donors (Lipinski definition) is 4. The van der Waals surface area contributed by atoms with Crippen LogP contribution in [-0.2, 0) is 25.8 Å². The lowest BCUT2D eigenvalue weighted by Gasteiger charge is -2.39. The van der Waals surface area contributed by atoms with Crippen LogP contribution in [0.5, 0.6) is 0 Å². The van der Waals surface area contributed by atoms with Gasteiger partial charge in [-0.15, -0.1) is 0 Å². The van der Waals surface area contributed by atoms with Crippen molar-refractivity contribution in [2.75, 3.05) is 24.2 Å². The molecule has 228 valence electrons. The number of nitrogens with one attached hydrogen (secondary N) is 2. The van der Waals surface area contributed by atoms with E-state index in [1.807, 2.05) is 30.3 Å². The minimum Gasteiger partial charge on any atom is -0.390 e. The number of hydrogen-bond acceptors (Lipinski definition) is 7. The molecule has 1 aliphatic heterocycles. The Labute approximate surface area is 248 Å². The van der Waals surface area contributed by atoms with Gasteiger partial charge >= 0.3 is 0 Å². The zero-order valence-corrected chi connectivity index (χ0v) is 25.2. The van der Waals surface area contributed by atoms with Gasteiger partial charge in [0, 0.05) is 37.0 Å². The highest BCUT2D eigenvalue weighted by Gasteiger charge is 2.40. The van der Waals surface area contributed by atoms with E-state index in [0.29, 0.717) is 25.1 Å². The molecular formula is C31H42N4O6S. The van der Waals surface area contributed by atoms with Gasteiger partial charge in [0.05, 0.1) is 22.6 Å². The van der Waals surface area contributed by atoms with E-state index in [1.165, 1.54) is 23.1 Å². The minimum absolute atomic E-state index is 0.00459. The molecule has 0 bridgehead atoms. The molecule has 2 aliphatic rings. The van der Waals surface area contributed by atoms with Crippen LogP contribution in [-0.4, -0.2) is 68.3 Å². The second kappa shape index (κ2) is 13.4. The first kappa shape index (κ1) is 31.7. The monoisotopic (exact) mass is 598 g/mol. The summed E-state index contributed by atoms with van der Waals surface area (Å²) in [5.74, 6) is -1.15. The quantitative estimate of drug-likeness (QED) is 0.292. The summed E-state index contributed by atoms with van der Waals surface area (Å²) in [5, 5.41) is 17.5. The van der Waals surface area contributed by atoms with Gasteiger partial charge in [-0.3, -0.25) is 14.4 Å². The second-order valence-electron chi connectivity index (χ2n) is 11.8. The predicted octanol–water partition coefficient (Wildman–Crippen LogP) is 2.33. The van der Waals surface area contributed by atoms with E-state index in [4.69, 9.17) is 5.73 Å². The third kappa shape index (κ3) is 7.56. The first-order valence-electron chi connectivity index (χ1n) is 14.6. The number of anilines is 1. The molecule has 0 aromatic heterocycles. The largest absolute Gasteiger partial charge is 0.390 e. The van der Waals surface area contributed by atoms with Crippen molar-refractivity contribution in [1.82, 2.24) is 10.6 Å². The lowest BCUT2D eigenvalue weighted by Crippen LogP contribution is -2.61. The molecule has 11 heteroatoms. The van der Waals surface area contributed by atoms with Crippen LogP contribution >= 0.6 is 0 Å². The van der Waals surface area contributed by atoms with Crippen LogP contribution in [0.4, 0.5) is 5.69 Å². The Hall–Kier alpha value is -3.28. The number of sulfone groups is 1. The van der Waals surface area contributed by atoms with Gasteiger partial charge in [-0.05, 0) is 62.3 Å². The maximum atomic E-state index is 13.6. The van der Waals surface area contributed by atoms with Crippen LogP contribution in [0.2, 0.25) is 0 Å². The fourth-order valence-electron chi connectivity index (χ4n) is 5.98. The zero-order valence-electron chi connectivity index (χ0n) is 24.3. The lowest BCUT2D eigenvalue weighted by atomic mass is 9.75. The summed E-state index contributed by atoms with van der Waals surface area (Å²) in [5.41, 5.74) is 6.11. The maximum Gasteiger partial charge on any atom is 0.251 e. The molecule has 4 rings (SSSR count). The highest BCUT2D eigenvalue weighted by molar-refractivity contribution is 7.90. The van der Waals surface area contributed by atoms with Crippen LogP contribution in [0.1, 0.15) is 67.8 Å². The number of amides is 3. The Morgan fingerprint density at radius 1 is 1.10 bits per heavy atom. The molecule has 5 N–H and O–H groups in total. The van der Waals surface area contributed by atoms with Crippen molar-refractivity contribution in [2.24, 2.45) is 11.7 Å². The minimum atomic E-state index is -3.69. The van der Waals surface area contributed by atoms with E-state index in [2.05, 4.69) is 10.6 Å². The van der Waals surface area contributed by atoms with E-state index in [1.54, 1.807) is 6.92 Å². The first-order chi connectivity index (χ1) is 19.9. The summed E-state index contributed by atoms with van der Waals surface area (Å²) < 4.78 is 24.9. The lowest BCUT2D eigenvalue weighted by molar-refractivity contribution is -0.126. The van der Waals surface area contributed by atoms with E-state index < -0.39 is 39.3 Å². The van der Waals surface area contributed by atoms with Gasteiger partial charge in [0.15, 0.2) is 9.84 Å². The number of nitrogens with two attached hydrogens (primary N) is 1.